The molecule has 0 saturated carbocycles. The zero-order valence-electron chi connectivity index (χ0n) is 9.27. The number of rotatable bonds is 4. The van der Waals surface area contributed by atoms with E-state index in [4.69, 9.17) is 9.47 Å². The van der Waals surface area contributed by atoms with Gasteiger partial charge in [-0.05, 0) is 30.9 Å². The van der Waals surface area contributed by atoms with Crippen molar-refractivity contribution < 1.29 is 9.47 Å². The summed E-state index contributed by atoms with van der Waals surface area (Å²) in [6, 6.07) is 9.96. The number of para-hydroxylation sites is 1. The first-order chi connectivity index (χ1) is 7.86. The van der Waals surface area contributed by atoms with E-state index in [1.807, 2.05) is 30.3 Å². The number of hydrogen-bond donors (Lipinski definition) is 0. The smallest absolute Gasteiger partial charge is 0.119 e. The summed E-state index contributed by atoms with van der Waals surface area (Å²) in [5, 5.41) is 0. The Morgan fingerprint density at radius 2 is 2.12 bits per heavy atom. The second kappa shape index (κ2) is 6.26. The van der Waals surface area contributed by atoms with Crippen molar-refractivity contribution in [2.24, 2.45) is 5.92 Å². The van der Waals surface area contributed by atoms with Crippen molar-refractivity contribution >= 4 is 15.9 Å². The maximum atomic E-state index is 5.68. The van der Waals surface area contributed by atoms with Gasteiger partial charge >= 0.3 is 0 Å². The molecule has 0 bridgehead atoms. The molecule has 2 rings (SSSR count). The standard InChI is InChI=1S/C13H17BrO2/c14-13-7-8-15-10-11(13)6-9-16-12-4-2-1-3-5-12/h1-5,11,13H,6-10H2. The van der Waals surface area contributed by atoms with Gasteiger partial charge in [-0.15, -0.1) is 0 Å². The third-order valence-electron chi connectivity index (χ3n) is 2.88. The summed E-state index contributed by atoms with van der Waals surface area (Å²) in [6.45, 7) is 2.50. The number of hydrogen-bond acceptors (Lipinski definition) is 2. The molecule has 2 atom stereocenters. The highest BCUT2D eigenvalue weighted by Gasteiger charge is 2.22. The molecule has 16 heavy (non-hydrogen) atoms. The molecule has 0 N–H and O–H groups in total. The van der Waals surface area contributed by atoms with Crippen LogP contribution in [0.3, 0.4) is 0 Å². The fourth-order valence-corrected chi connectivity index (χ4v) is 2.48. The fraction of sp³-hybridized carbons (Fsp3) is 0.538. The maximum absolute atomic E-state index is 5.68. The van der Waals surface area contributed by atoms with Crippen LogP contribution in [0.4, 0.5) is 0 Å². The molecule has 1 heterocycles. The molecular weight excluding hydrogens is 268 g/mol. The number of alkyl halides is 1. The van der Waals surface area contributed by atoms with Crippen LogP contribution in [0, 0.1) is 5.92 Å². The molecule has 0 spiro atoms. The molecule has 0 aromatic heterocycles. The molecule has 1 aromatic carbocycles. The zero-order chi connectivity index (χ0) is 11.2. The Labute approximate surface area is 105 Å². The molecule has 1 aliphatic rings. The van der Waals surface area contributed by atoms with Crippen molar-refractivity contribution in [1.82, 2.24) is 0 Å². The van der Waals surface area contributed by atoms with E-state index >= 15 is 0 Å². The van der Waals surface area contributed by atoms with Crippen LogP contribution in [0.1, 0.15) is 12.8 Å². The molecule has 0 amide bonds. The van der Waals surface area contributed by atoms with Gasteiger partial charge in [-0.2, -0.15) is 0 Å². The lowest BCUT2D eigenvalue weighted by molar-refractivity contribution is 0.0518. The van der Waals surface area contributed by atoms with Crippen molar-refractivity contribution in [3.63, 3.8) is 0 Å². The van der Waals surface area contributed by atoms with E-state index in [1.54, 1.807) is 0 Å². The molecule has 2 nitrogen and oxygen atoms in total. The zero-order valence-corrected chi connectivity index (χ0v) is 10.9. The summed E-state index contributed by atoms with van der Waals surface area (Å²) in [6.07, 6.45) is 2.15. The Morgan fingerprint density at radius 1 is 1.31 bits per heavy atom. The van der Waals surface area contributed by atoms with Crippen LogP contribution < -0.4 is 4.74 Å². The summed E-state index contributed by atoms with van der Waals surface area (Å²) < 4.78 is 11.2. The molecule has 88 valence electrons. The predicted molar refractivity (Wildman–Crippen MR) is 68.2 cm³/mol. The SMILES string of the molecule is BrC1CCOCC1CCOc1ccccc1. The van der Waals surface area contributed by atoms with E-state index in [2.05, 4.69) is 15.9 Å². The summed E-state index contributed by atoms with van der Waals surface area (Å²) in [7, 11) is 0. The monoisotopic (exact) mass is 284 g/mol. The normalized spacial score (nSPS) is 25.3. The summed E-state index contributed by atoms with van der Waals surface area (Å²) >= 11 is 3.71. The summed E-state index contributed by atoms with van der Waals surface area (Å²) in [5.74, 6) is 1.53. The second-order valence-corrected chi connectivity index (χ2v) is 5.27. The molecule has 0 aliphatic carbocycles. The highest BCUT2D eigenvalue weighted by Crippen LogP contribution is 2.25. The fourth-order valence-electron chi connectivity index (χ4n) is 1.88. The van der Waals surface area contributed by atoms with Gasteiger partial charge < -0.3 is 9.47 Å². The van der Waals surface area contributed by atoms with Crippen molar-refractivity contribution in [2.75, 3.05) is 19.8 Å². The molecular formula is C13H17BrO2. The van der Waals surface area contributed by atoms with E-state index in [1.165, 1.54) is 0 Å². The Hall–Kier alpha value is -0.540. The van der Waals surface area contributed by atoms with Gasteiger partial charge in [0.25, 0.3) is 0 Å². The minimum atomic E-state index is 0.581. The van der Waals surface area contributed by atoms with E-state index in [0.29, 0.717) is 10.7 Å². The van der Waals surface area contributed by atoms with E-state index < -0.39 is 0 Å². The van der Waals surface area contributed by atoms with Gasteiger partial charge in [0, 0.05) is 11.4 Å². The third-order valence-corrected chi connectivity index (χ3v) is 4.09. The number of halogens is 1. The minimum Gasteiger partial charge on any atom is -0.494 e. The van der Waals surface area contributed by atoms with Crippen molar-refractivity contribution in [2.45, 2.75) is 17.7 Å². The Bertz CT molecular complexity index is 302. The Morgan fingerprint density at radius 3 is 2.88 bits per heavy atom. The Balaban J connectivity index is 1.71. The van der Waals surface area contributed by atoms with Gasteiger partial charge in [-0.1, -0.05) is 34.1 Å². The van der Waals surface area contributed by atoms with Crippen LogP contribution in [-0.2, 0) is 4.74 Å². The highest BCUT2D eigenvalue weighted by atomic mass is 79.9. The average Bonchev–Trinajstić information content (AvgIpc) is 2.33. The second-order valence-electron chi connectivity index (χ2n) is 4.09. The molecule has 3 heteroatoms. The van der Waals surface area contributed by atoms with Gasteiger partial charge in [0.2, 0.25) is 0 Å². The molecule has 1 aliphatic heterocycles. The molecule has 0 radical (unpaired) electrons. The largest absolute Gasteiger partial charge is 0.494 e. The minimum absolute atomic E-state index is 0.581. The van der Waals surface area contributed by atoms with E-state index in [-0.39, 0.29) is 0 Å². The van der Waals surface area contributed by atoms with Gasteiger partial charge in [0.05, 0.1) is 13.2 Å². The van der Waals surface area contributed by atoms with Crippen molar-refractivity contribution in [3.8, 4) is 5.75 Å². The van der Waals surface area contributed by atoms with Gasteiger partial charge in [-0.25, -0.2) is 0 Å². The third kappa shape index (κ3) is 3.49. The lowest BCUT2D eigenvalue weighted by Gasteiger charge is -2.27. The Kier molecular flexibility index (Phi) is 4.67. The van der Waals surface area contributed by atoms with Crippen LogP contribution >= 0.6 is 15.9 Å². The van der Waals surface area contributed by atoms with Gasteiger partial charge in [0.15, 0.2) is 0 Å². The quantitative estimate of drug-likeness (QED) is 0.791. The molecule has 1 fully saturated rings. The van der Waals surface area contributed by atoms with Crippen LogP contribution in [0.2, 0.25) is 0 Å². The van der Waals surface area contributed by atoms with Crippen molar-refractivity contribution in [1.29, 1.82) is 0 Å². The van der Waals surface area contributed by atoms with E-state index in [0.717, 1.165) is 38.4 Å². The van der Waals surface area contributed by atoms with Crippen LogP contribution in [-0.4, -0.2) is 24.6 Å². The van der Waals surface area contributed by atoms with Crippen molar-refractivity contribution in [3.05, 3.63) is 30.3 Å². The molecule has 1 saturated heterocycles. The summed E-state index contributed by atoms with van der Waals surface area (Å²) in [4.78, 5) is 0.584. The first kappa shape index (κ1) is 11.9. The number of ether oxygens (including phenoxy) is 2. The summed E-state index contributed by atoms with van der Waals surface area (Å²) in [5.41, 5.74) is 0. The lowest BCUT2D eigenvalue weighted by atomic mass is 9.99. The van der Waals surface area contributed by atoms with E-state index in [9.17, 15) is 0 Å². The van der Waals surface area contributed by atoms with Gasteiger partial charge in [-0.3, -0.25) is 0 Å². The van der Waals surface area contributed by atoms with Crippen LogP contribution in [0.5, 0.6) is 5.75 Å². The lowest BCUT2D eigenvalue weighted by Crippen LogP contribution is -2.29. The first-order valence-corrected chi connectivity index (χ1v) is 6.67. The number of benzene rings is 1. The molecule has 1 aromatic rings. The van der Waals surface area contributed by atoms with Crippen LogP contribution in [0.25, 0.3) is 0 Å². The highest BCUT2D eigenvalue weighted by molar-refractivity contribution is 9.09. The maximum Gasteiger partial charge on any atom is 0.119 e. The predicted octanol–water partition coefficient (Wildman–Crippen LogP) is 3.26. The van der Waals surface area contributed by atoms with Gasteiger partial charge in [0.1, 0.15) is 5.75 Å². The topological polar surface area (TPSA) is 18.5 Å². The average molecular weight is 285 g/mol. The van der Waals surface area contributed by atoms with Crippen LogP contribution in [0.15, 0.2) is 30.3 Å². The molecule has 2 unspecified atom stereocenters. The first-order valence-electron chi connectivity index (χ1n) is 5.76.